The molecule has 0 aromatic heterocycles. The fourth-order valence-electron chi connectivity index (χ4n) is 1.23. The zero-order valence-electron chi connectivity index (χ0n) is 8.86. The van der Waals surface area contributed by atoms with Crippen LogP contribution in [0.2, 0.25) is 0 Å². The van der Waals surface area contributed by atoms with Crippen LogP contribution < -0.4 is 10.6 Å². The second-order valence-electron chi connectivity index (χ2n) is 3.23. The number of nitrogens with one attached hydrogen (secondary N) is 2. The summed E-state index contributed by atoms with van der Waals surface area (Å²) in [7, 11) is 1.34. The molecule has 1 aromatic carbocycles. The van der Waals surface area contributed by atoms with Gasteiger partial charge in [-0.1, -0.05) is 6.07 Å². The van der Waals surface area contributed by atoms with Gasteiger partial charge < -0.3 is 10.6 Å². The van der Waals surface area contributed by atoms with Crippen molar-refractivity contribution in [3.05, 3.63) is 35.1 Å². The van der Waals surface area contributed by atoms with Crippen LogP contribution in [0.3, 0.4) is 0 Å². The average Bonchev–Trinajstić information content (AvgIpc) is 2.25. The highest BCUT2D eigenvalue weighted by Crippen LogP contribution is 2.32. The van der Waals surface area contributed by atoms with Gasteiger partial charge in [-0.25, -0.2) is 9.18 Å². The molecule has 1 rings (SSSR count). The number of carbonyl (C=O) groups is 1. The van der Waals surface area contributed by atoms with Gasteiger partial charge in [0.2, 0.25) is 0 Å². The smallest absolute Gasteiger partial charge is 0.341 e. The third-order valence-electron chi connectivity index (χ3n) is 2.04. The van der Waals surface area contributed by atoms with Crippen LogP contribution in [-0.2, 0) is 12.7 Å². The van der Waals surface area contributed by atoms with Crippen LogP contribution in [0, 0.1) is 5.82 Å². The Morgan fingerprint density at radius 2 is 2.00 bits per heavy atom. The summed E-state index contributed by atoms with van der Waals surface area (Å²) in [6, 6.07) is 1.70. The highest BCUT2D eigenvalue weighted by molar-refractivity contribution is 5.73. The largest absolute Gasteiger partial charge is 0.416 e. The highest BCUT2D eigenvalue weighted by Gasteiger charge is 2.33. The van der Waals surface area contributed by atoms with Gasteiger partial charge in [0.1, 0.15) is 5.82 Å². The molecular weight excluding hydrogens is 240 g/mol. The van der Waals surface area contributed by atoms with Crippen LogP contribution in [0.4, 0.5) is 22.4 Å². The SMILES string of the molecule is CNC(=O)NCc1ccc(F)cc1C(F)(F)F. The van der Waals surface area contributed by atoms with Crippen molar-refractivity contribution in [3.8, 4) is 0 Å². The lowest BCUT2D eigenvalue weighted by atomic mass is 10.1. The fourth-order valence-corrected chi connectivity index (χ4v) is 1.23. The van der Waals surface area contributed by atoms with Crippen LogP contribution in [0.25, 0.3) is 0 Å². The van der Waals surface area contributed by atoms with Gasteiger partial charge in [-0.15, -0.1) is 0 Å². The zero-order chi connectivity index (χ0) is 13.1. The molecule has 0 saturated carbocycles. The number of hydrogen-bond acceptors (Lipinski definition) is 1. The second kappa shape index (κ2) is 5.03. The molecule has 3 nitrogen and oxygen atoms in total. The van der Waals surface area contributed by atoms with E-state index in [1.165, 1.54) is 7.05 Å². The molecule has 1 aromatic rings. The monoisotopic (exact) mass is 250 g/mol. The number of benzene rings is 1. The van der Waals surface area contributed by atoms with Crippen LogP contribution in [0.5, 0.6) is 0 Å². The van der Waals surface area contributed by atoms with Crippen LogP contribution in [0.1, 0.15) is 11.1 Å². The molecule has 2 amide bonds. The summed E-state index contributed by atoms with van der Waals surface area (Å²) in [6.45, 7) is -0.325. The first-order valence-corrected chi connectivity index (χ1v) is 4.66. The average molecular weight is 250 g/mol. The van der Waals surface area contributed by atoms with E-state index in [0.717, 1.165) is 12.1 Å². The summed E-state index contributed by atoms with van der Waals surface area (Å²) in [5.74, 6) is -0.971. The van der Waals surface area contributed by atoms with Crippen LogP contribution in [0.15, 0.2) is 18.2 Å². The predicted octanol–water partition coefficient (Wildman–Crippen LogP) is 2.27. The van der Waals surface area contributed by atoms with Crippen LogP contribution in [-0.4, -0.2) is 13.1 Å². The van der Waals surface area contributed by atoms with Gasteiger partial charge in [0.25, 0.3) is 0 Å². The van der Waals surface area contributed by atoms with Crippen molar-refractivity contribution in [3.63, 3.8) is 0 Å². The highest BCUT2D eigenvalue weighted by atomic mass is 19.4. The lowest BCUT2D eigenvalue weighted by molar-refractivity contribution is -0.138. The maximum atomic E-state index is 12.7. The molecule has 0 spiro atoms. The molecule has 0 bridgehead atoms. The second-order valence-corrected chi connectivity index (χ2v) is 3.23. The Bertz CT molecular complexity index is 417. The first-order valence-electron chi connectivity index (χ1n) is 4.66. The lowest BCUT2D eigenvalue weighted by Gasteiger charge is -2.13. The first-order chi connectivity index (χ1) is 7.84. The molecule has 0 aliphatic rings. The van der Waals surface area contributed by atoms with E-state index in [4.69, 9.17) is 0 Å². The quantitative estimate of drug-likeness (QED) is 0.777. The minimum Gasteiger partial charge on any atom is -0.341 e. The Hall–Kier alpha value is -1.79. The number of halogens is 4. The summed E-state index contributed by atoms with van der Waals surface area (Å²) in [5.41, 5.74) is -1.28. The van der Waals surface area contributed by atoms with E-state index in [2.05, 4.69) is 10.6 Å². The molecule has 0 fully saturated rings. The summed E-state index contributed by atoms with van der Waals surface area (Å²) >= 11 is 0. The lowest BCUT2D eigenvalue weighted by Crippen LogP contribution is -2.32. The molecule has 7 heteroatoms. The molecular formula is C10H10F4N2O. The first kappa shape index (κ1) is 13.3. The zero-order valence-corrected chi connectivity index (χ0v) is 8.86. The van der Waals surface area contributed by atoms with Crippen molar-refractivity contribution in [1.29, 1.82) is 0 Å². The van der Waals surface area contributed by atoms with Gasteiger partial charge in [-0.3, -0.25) is 0 Å². The summed E-state index contributed by atoms with van der Waals surface area (Å²) < 4.78 is 50.4. The predicted molar refractivity (Wildman–Crippen MR) is 52.7 cm³/mol. The third-order valence-corrected chi connectivity index (χ3v) is 2.04. The molecule has 0 aliphatic carbocycles. The van der Waals surface area contributed by atoms with Crippen molar-refractivity contribution in [2.75, 3.05) is 7.05 Å². The van der Waals surface area contributed by atoms with Crippen molar-refractivity contribution in [2.45, 2.75) is 12.7 Å². The third kappa shape index (κ3) is 3.61. The maximum absolute atomic E-state index is 12.7. The van der Waals surface area contributed by atoms with E-state index in [9.17, 15) is 22.4 Å². The maximum Gasteiger partial charge on any atom is 0.416 e. The van der Waals surface area contributed by atoms with Gasteiger partial charge in [0.05, 0.1) is 5.56 Å². The topological polar surface area (TPSA) is 41.1 Å². The molecule has 0 saturated heterocycles. The number of carbonyl (C=O) groups excluding carboxylic acids is 1. The molecule has 2 N–H and O–H groups in total. The standard InChI is InChI=1S/C10H10F4N2O/c1-15-9(17)16-5-6-2-3-7(11)4-8(6)10(12,13)14/h2-4H,5H2,1H3,(H2,15,16,17). The Morgan fingerprint density at radius 3 is 2.53 bits per heavy atom. The van der Waals surface area contributed by atoms with E-state index in [1.807, 2.05) is 0 Å². The Kier molecular flexibility index (Phi) is 3.93. The van der Waals surface area contributed by atoms with Gasteiger partial charge in [-0.05, 0) is 17.7 Å². The van der Waals surface area contributed by atoms with Crippen molar-refractivity contribution in [2.24, 2.45) is 0 Å². The van der Waals surface area contributed by atoms with Crippen molar-refractivity contribution in [1.82, 2.24) is 10.6 Å². The number of alkyl halides is 3. The summed E-state index contributed by atoms with van der Waals surface area (Å²) in [5, 5.41) is 4.41. The minimum absolute atomic E-state index is 0.192. The Morgan fingerprint density at radius 1 is 1.35 bits per heavy atom. The molecule has 0 radical (unpaired) electrons. The minimum atomic E-state index is -4.65. The van der Waals surface area contributed by atoms with E-state index >= 15 is 0 Å². The summed E-state index contributed by atoms with van der Waals surface area (Å²) in [6.07, 6.45) is -4.65. The van der Waals surface area contributed by atoms with Gasteiger partial charge in [-0.2, -0.15) is 13.2 Å². The molecule has 0 aliphatic heterocycles. The molecule has 0 heterocycles. The Balaban J connectivity index is 2.95. The van der Waals surface area contributed by atoms with Crippen LogP contribution >= 0.6 is 0 Å². The molecule has 94 valence electrons. The Labute approximate surface area is 94.8 Å². The van der Waals surface area contributed by atoms with E-state index < -0.39 is 23.6 Å². The normalized spacial score (nSPS) is 11.1. The van der Waals surface area contributed by atoms with Crippen molar-refractivity contribution < 1.29 is 22.4 Å². The number of amides is 2. The van der Waals surface area contributed by atoms with E-state index in [0.29, 0.717) is 6.07 Å². The number of rotatable bonds is 2. The molecule has 0 unspecified atom stereocenters. The van der Waals surface area contributed by atoms with E-state index in [-0.39, 0.29) is 12.1 Å². The van der Waals surface area contributed by atoms with Gasteiger partial charge in [0.15, 0.2) is 0 Å². The number of hydrogen-bond donors (Lipinski definition) is 2. The number of urea groups is 1. The van der Waals surface area contributed by atoms with Gasteiger partial charge >= 0.3 is 12.2 Å². The summed E-state index contributed by atoms with van der Waals surface area (Å²) in [4.78, 5) is 10.8. The fraction of sp³-hybridized carbons (Fsp3) is 0.300. The van der Waals surface area contributed by atoms with Crippen molar-refractivity contribution >= 4 is 6.03 Å². The van der Waals surface area contributed by atoms with E-state index in [1.54, 1.807) is 0 Å². The molecule has 17 heavy (non-hydrogen) atoms. The molecule has 0 atom stereocenters. The van der Waals surface area contributed by atoms with Gasteiger partial charge in [0, 0.05) is 13.6 Å².